The molecule has 1 aromatic heterocycles. The molecule has 0 amide bonds. The molecule has 0 aliphatic carbocycles. The van der Waals surface area contributed by atoms with Gasteiger partial charge in [-0.15, -0.1) is 0 Å². The van der Waals surface area contributed by atoms with Crippen molar-refractivity contribution in [3.05, 3.63) is 42.1 Å². The molecule has 1 heterocycles. The molecule has 16 heavy (non-hydrogen) atoms. The highest BCUT2D eigenvalue weighted by atomic mass is 16.6. The summed E-state index contributed by atoms with van der Waals surface area (Å²) >= 11 is 0. The van der Waals surface area contributed by atoms with Crippen molar-refractivity contribution in [3.8, 4) is 0 Å². The number of rotatable bonds is 3. The summed E-state index contributed by atoms with van der Waals surface area (Å²) in [6.07, 6.45) is 0. The van der Waals surface area contributed by atoms with Crippen LogP contribution in [0.1, 0.15) is 11.3 Å². The summed E-state index contributed by atoms with van der Waals surface area (Å²) in [6.45, 7) is 5.85. The Kier molecular flexibility index (Phi) is 2.59. The van der Waals surface area contributed by atoms with E-state index in [1.807, 2.05) is 31.2 Å². The van der Waals surface area contributed by atoms with Gasteiger partial charge in [0.25, 0.3) is 0 Å². The first kappa shape index (κ1) is 10.2. The van der Waals surface area contributed by atoms with Crippen LogP contribution in [0.4, 0.5) is 11.5 Å². The van der Waals surface area contributed by atoms with Gasteiger partial charge in [-0.3, -0.25) is 0 Å². The Bertz CT molecular complexity index is 501. The van der Waals surface area contributed by atoms with Crippen LogP contribution in [-0.2, 0) is 0 Å². The zero-order chi connectivity index (χ0) is 11.5. The maximum absolute atomic E-state index is 5.55. The maximum atomic E-state index is 5.55. The fourth-order valence-electron chi connectivity index (χ4n) is 1.28. The number of nitrogen functional groups attached to an aromatic ring is 1. The van der Waals surface area contributed by atoms with Gasteiger partial charge in [-0.2, -0.15) is 0 Å². The number of nitrogens with two attached hydrogens (primary N) is 1. The summed E-state index contributed by atoms with van der Waals surface area (Å²) in [6, 6.07) is 7.90. The van der Waals surface area contributed by atoms with Crippen molar-refractivity contribution in [3.63, 3.8) is 0 Å². The van der Waals surface area contributed by atoms with E-state index in [2.05, 4.69) is 26.8 Å². The van der Waals surface area contributed by atoms with Crippen molar-refractivity contribution in [2.24, 2.45) is 0 Å². The van der Waals surface area contributed by atoms with E-state index in [0.717, 1.165) is 5.69 Å². The topological polar surface area (TPSA) is 77.0 Å². The van der Waals surface area contributed by atoms with E-state index in [-0.39, 0.29) is 5.82 Å². The van der Waals surface area contributed by atoms with Crippen LogP contribution in [0.15, 0.2) is 35.5 Å². The van der Waals surface area contributed by atoms with Gasteiger partial charge in [-0.1, -0.05) is 24.3 Å². The normalized spacial score (nSPS) is 10.1. The number of hydrogen-bond donors (Lipinski definition) is 2. The van der Waals surface area contributed by atoms with Crippen molar-refractivity contribution in [1.82, 2.24) is 10.3 Å². The number of hydrogen-bond acceptors (Lipinski definition) is 5. The highest BCUT2D eigenvalue weighted by Gasteiger charge is 2.09. The van der Waals surface area contributed by atoms with Gasteiger partial charge in [-0.05, 0) is 29.4 Å². The summed E-state index contributed by atoms with van der Waals surface area (Å²) in [5, 5.41) is 10.2. The lowest BCUT2D eigenvalue weighted by Crippen LogP contribution is -2.00. The molecule has 82 valence electrons. The molecule has 0 atom stereocenters. The molecule has 0 bridgehead atoms. The Morgan fingerprint density at radius 1 is 1.31 bits per heavy atom. The average Bonchev–Trinajstić information content (AvgIpc) is 2.68. The highest BCUT2D eigenvalue weighted by molar-refractivity contribution is 5.77. The van der Waals surface area contributed by atoms with Crippen molar-refractivity contribution in [2.75, 3.05) is 11.1 Å². The van der Waals surface area contributed by atoms with Crippen LogP contribution in [0.25, 0.3) is 5.70 Å². The molecule has 1 aromatic carbocycles. The molecule has 0 unspecified atom stereocenters. The maximum Gasteiger partial charge on any atom is 0.197 e. The van der Waals surface area contributed by atoms with Gasteiger partial charge in [0.05, 0.1) is 5.70 Å². The molecule has 2 rings (SSSR count). The second-order valence-corrected chi connectivity index (χ2v) is 3.47. The Hall–Kier alpha value is -2.30. The molecule has 5 nitrogen and oxygen atoms in total. The second-order valence-electron chi connectivity index (χ2n) is 3.47. The third kappa shape index (κ3) is 2.03. The zero-order valence-corrected chi connectivity index (χ0v) is 8.90. The Labute approximate surface area is 92.9 Å². The van der Waals surface area contributed by atoms with E-state index in [0.29, 0.717) is 11.4 Å². The fourth-order valence-corrected chi connectivity index (χ4v) is 1.28. The summed E-state index contributed by atoms with van der Waals surface area (Å²) in [5.74, 6) is 0.226. The minimum absolute atomic E-state index is 0.226. The summed E-state index contributed by atoms with van der Waals surface area (Å²) in [7, 11) is 0. The fraction of sp³-hybridized carbons (Fsp3) is 0.0909. The predicted octanol–water partition coefficient (Wildman–Crippen LogP) is 2.04. The van der Waals surface area contributed by atoms with E-state index in [1.165, 1.54) is 5.56 Å². The Morgan fingerprint density at radius 2 is 2.00 bits per heavy atom. The molecular weight excluding hydrogens is 204 g/mol. The van der Waals surface area contributed by atoms with Crippen molar-refractivity contribution < 1.29 is 4.63 Å². The number of nitrogens with one attached hydrogen (secondary N) is 1. The van der Waals surface area contributed by atoms with Crippen LogP contribution < -0.4 is 11.1 Å². The predicted molar refractivity (Wildman–Crippen MR) is 62.5 cm³/mol. The molecule has 0 radical (unpaired) electrons. The number of benzene rings is 1. The highest BCUT2D eigenvalue weighted by Crippen LogP contribution is 2.19. The van der Waals surface area contributed by atoms with Crippen molar-refractivity contribution >= 4 is 17.2 Å². The molecule has 0 aliphatic heterocycles. The number of aromatic nitrogens is 2. The zero-order valence-electron chi connectivity index (χ0n) is 8.90. The van der Waals surface area contributed by atoms with Crippen molar-refractivity contribution in [2.45, 2.75) is 6.92 Å². The number of aryl methyl sites for hydroxylation is 1. The molecule has 0 saturated heterocycles. The SMILES string of the molecule is C=C(Nc1ccc(C)cc1)c1nonc1N. The molecule has 0 aliphatic rings. The lowest BCUT2D eigenvalue weighted by atomic mass is 10.2. The third-order valence-corrected chi connectivity index (χ3v) is 2.15. The molecule has 0 fully saturated rings. The monoisotopic (exact) mass is 216 g/mol. The molecule has 5 heteroatoms. The Morgan fingerprint density at radius 3 is 2.56 bits per heavy atom. The van der Waals surface area contributed by atoms with Crippen LogP contribution >= 0.6 is 0 Å². The minimum atomic E-state index is 0.226. The van der Waals surface area contributed by atoms with Gasteiger partial charge >= 0.3 is 0 Å². The smallest absolute Gasteiger partial charge is 0.197 e. The summed E-state index contributed by atoms with van der Waals surface area (Å²) in [4.78, 5) is 0. The quantitative estimate of drug-likeness (QED) is 0.821. The first-order valence-corrected chi connectivity index (χ1v) is 4.78. The van der Waals surface area contributed by atoms with Gasteiger partial charge in [0, 0.05) is 5.69 Å². The second kappa shape index (κ2) is 4.06. The van der Waals surface area contributed by atoms with E-state index in [9.17, 15) is 0 Å². The first-order valence-electron chi connectivity index (χ1n) is 4.78. The van der Waals surface area contributed by atoms with Crippen LogP contribution in [0.5, 0.6) is 0 Å². The van der Waals surface area contributed by atoms with Crippen LogP contribution in [-0.4, -0.2) is 10.3 Å². The van der Waals surface area contributed by atoms with Crippen LogP contribution in [0, 0.1) is 6.92 Å². The van der Waals surface area contributed by atoms with Gasteiger partial charge < -0.3 is 11.1 Å². The minimum Gasteiger partial charge on any atom is -0.379 e. The van der Waals surface area contributed by atoms with Gasteiger partial charge in [0.2, 0.25) is 0 Å². The standard InChI is InChI=1S/C11H12N4O/c1-7-3-5-9(6-4-7)13-8(2)10-11(12)15-16-14-10/h3-6,13H,2H2,1H3,(H2,12,15). The number of anilines is 2. The van der Waals surface area contributed by atoms with E-state index < -0.39 is 0 Å². The number of nitrogens with zero attached hydrogens (tertiary/aromatic N) is 2. The molecule has 2 aromatic rings. The molecular formula is C11H12N4O. The average molecular weight is 216 g/mol. The largest absolute Gasteiger partial charge is 0.379 e. The lowest BCUT2D eigenvalue weighted by Gasteiger charge is -2.06. The van der Waals surface area contributed by atoms with Gasteiger partial charge in [-0.25, -0.2) is 4.63 Å². The van der Waals surface area contributed by atoms with Gasteiger partial charge in [0.1, 0.15) is 0 Å². The van der Waals surface area contributed by atoms with Crippen LogP contribution in [0.2, 0.25) is 0 Å². The molecule has 3 N–H and O–H groups in total. The van der Waals surface area contributed by atoms with E-state index in [4.69, 9.17) is 5.73 Å². The van der Waals surface area contributed by atoms with Crippen molar-refractivity contribution in [1.29, 1.82) is 0 Å². The van der Waals surface area contributed by atoms with Crippen LogP contribution in [0.3, 0.4) is 0 Å². The Balaban J connectivity index is 2.14. The van der Waals surface area contributed by atoms with E-state index >= 15 is 0 Å². The molecule has 0 saturated carbocycles. The third-order valence-electron chi connectivity index (χ3n) is 2.15. The summed E-state index contributed by atoms with van der Waals surface area (Å²) < 4.78 is 4.50. The summed E-state index contributed by atoms with van der Waals surface area (Å²) in [5.41, 5.74) is 8.65. The van der Waals surface area contributed by atoms with E-state index in [1.54, 1.807) is 0 Å². The molecule has 0 spiro atoms. The lowest BCUT2D eigenvalue weighted by molar-refractivity contribution is 0.308. The van der Waals surface area contributed by atoms with Gasteiger partial charge in [0.15, 0.2) is 11.5 Å². The first-order chi connectivity index (χ1) is 7.66.